The van der Waals surface area contributed by atoms with Crippen molar-refractivity contribution in [2.75, 3.05) is 0 Å². The van der Waals surface area contributed by atoms with Crippen LogP contribution in [-0.4, -0.2) is 12.1 Å². The Labute approximate surface area is 103 Å². The molecule has 2 aliphatic heterocycles. The lowest BCUT2D eigenvalue weighted by atomic mass is 10.0. The van der Waals surface area contributed by atoms with Crippen LogP contribution >= 0.6 is 0 Å². The average molecular weight is 244 g/mol. The van der Waals surface area contributed by atoms with Gasteiger partial charge in [0.15, 0.2) is 6.10 Å². The Bertz CT molecular complexity index is 215. The molecule has 0 saturated carbocycles. The van der Waals surface area contributed by atoms with E-state index in [1.54, 1.807) is 0 Å². The highest BCUT2D eigenvalue weighted by Crippen LogP contribution is 2.46. The third-order valence-corrected chi connectivity index (χ3v) is 3.49. The van der Waals surface area contributed by atoms with Crippen molar-refractivity contribution in [3.8, 4) is 0 Å². The van der Waals surface area contributed by atoms with Crippen LogP contribution in [0.1, 0.15) is 71.1 Å². The molecule has 2 saturated heterocycles. The minimum Gasteiger partial charge on any atom is -0.219 e. The van der Waals surface area contributed by atoms with Gasteiger partial charge in [0, 0.05) is 0 Å². The second-order valence-corrected chi connectivity index (χ2v) is 5.06. The molecule has 1 atom stereocenters. The van der Waals surface area contributed by atoms with Crippen molar-refractivity contribution in [1.29, 1.82) is 0 Å². The molecule has 0 aromatic carbocycles. The zero-order valence-electron chi connectivity index (χ0n) is 10.8. The fraction of sp³-hybridized carbons (Fsp3) is 1.00. The third-order valence-electron chi connectivity index (χ3n) is 3.49. The van der Waals surface area contributed by atoms with Gasteiger partial charge in [0.1, 0.15) is 0 Å². The number of rotatable bonds is 10. The van der Waals surface area contributed by atoms with Crippen molar-refractivity contribution in [2.24, 2.45) is 0 Å². The summed E-state index contributed by atoms with van der Waals surface area (Å²) in [4.78, 5) is 19.1. The van der Waals surface area contributed by atoms with Gasteiger partial charge in [0.05, 0.1) is 0 Å². The van der Waals surface area contributed by atoms with E-state index in [9.17, 15) is 0 Å². The van der Waals surface area contributed by atoms with E-state index in [2.05, 4.69) is 6.92 Å². The Morgan fingerprint density at radius 2 is 1.35 bits per heavy atom. The smallest absolute Gasteiger partial charge is 0.219 e. The molecule has 4 heteroatoms. The van der Waals surface area contributed by atoms with E-state index in [1.165, 1.54) is 51.4 Å². The molecule has 100 valence electrons. The highest BCUT2D eigenvalue weighted by molar-refractivity contribution is 4.78. The Balaban J connectivity index is 1.32. The molecule has 2 aliphatic rings. The minimum atomic E-state index is -0.792. The number of hydrogen-bond donors (Lipinski definition) is 0. The van der Waals surface area contributed by atoms with Gasteiger partial charge >= 0.3 is 5.97 Å². The van der Waals surface area contributed by atoms with Crippen molar-refractivity contribution in [1.82, 2.24) is 0 Å². The summed E-state index contributed by atoms with van der Waals surface area (Å²) in [5.74, 6) is -0.792. The molecule has 17 heavy (non-hydrogen) atoms. The summed E-state index contributed by atoms with van der Waals surface area (Å²) >= 11 is 0. The molecule has 0 radical (unpaired) electrons. The maximum absolute atomic E-state index is 4.93. The maximum Gasteiger partial charge on any atom is 0.394 e. The van der Waals surface area contributed by atoms with Crippen molar-refractivity contribution in [3.63, 3.8) is 0 Å². The summed E-state index contributed by atoms with van der Waals surface area (Å²) in [5.41, 5.74) is 0. The second-order valence-electron chi connectivity index (χ2n) is 5.06. The van der Waals surface area contributed by atoms with Gasteiger partial charge in [-0.05, 0) is 6.42 Å². The fourth-order valence-electron chi connectivity index (χ4n) is 2.24. The fourth-order valence-corrected chi connectivity index (χ4v) is 2.24. The number of hydrogen-bond acceptors (Lipinski definition) is 4. The molecule has 0 bridgehead atoms. The monoisotopic (exact) mass is 244 g/mol. The molecule has 1 spiro atoms. The van der Waals surface area contributed by atoms with Crippen molar-refractivity contribution < 1.29 is 19.6 Å². The van der Waals surface area contributed by atoms with E-state index < -0.39 is 5.97 Å². The molecular formula is C13H24O4. The second kappa shape index (κ2) is 6.69. The van der Waals surface area contributed by atoms with Crippen molar-refractivity contribution in [3.05, 3.63) is 0 Å². The molecule has 2 rings (SSSR count). The summed E-state index contributed by atoms with van der Waals surface area (Å²) in [6, 6.07) is 0. The SMILES string of the molecule is CCCCCCCCCCCC1OOC12OO2. The van der Waals surface area contributed by atoms with E-state index in [0.29, 0.717) is 0 Å². The number of unbranched alkanes of at least 4 members (excludes halogenated alkanes) is 8. The third kappa shape index (κ3) is 3.91. The summed E-state index contributed by atoms with van der Waals surface area (Å²) in [5, 5.41) is 0. The van der Waals surface area contributed by atoms with Gasteiger partial charge in [-0.15, -0.1) is 0 Å². The summed E-state index contributed by atoms with van der Waals surface area (Å²) in [6.07, 6.45) is 13.0. The highest BCUT2D eigenvalue weighted by atomic mass is 17.5. The van der Waals surface area contributed by atoms with E-state index in [4.69, 9.17) is 19.6 Å². The molecule has 0 aromatic heterocycles. The molecule has 2 fully saturated rings. The summed E-state index contributed by atoms with van der Waals surface area (Å²) < 4.78 is 0. The largest absolute Gasteiger partial charge is 0.394 e. The van der Waals surface area contributed by atoms with Crippen LogP contribution in [0, 0.1) is 0 Å². The first-order chi connectivity index (χ1) is 8.37. The minimum absolute atomic E-state index is 0.00736. The van der Waals surface area contributed by atoms with E-state index >= 15 is 0 Å². The Kier molecular flexibility index (Phi) is 5.22. The molecule has 0 N–H and O–H groups in total. The van der Waals surface area contributed by atoms with Gasteiger partial charge in [-0.1, -0.05) is 64.7 Å². The molecule has 0 amide bonds. The summed E-state index contributed by atoms with van der Waals surface area (Å²) in [7, 11) is 0. The van der Waals surface area contributed by atoms with E-state index in [1.807, 2.05) is 0 Å². The molecule has 2 heterocycles. The Hall–Kier alpha value is -0.160. The average Bonchev–Trinajstić information content (AvgIpc) is 3.12. The van der Waals surface area contributed by atoms with E-state index in [-0.39, 0.29) is 6.10 Å². The molecule has 1 unspecified atom stereocenters. The lowest BCUT2D eigenvalue weighted by Gasteiger charge is -2.27. The standard InChI is InChI=1S/C13H24O4/c1-2-3-4-5-6-7-8-9-10-11-12-13(15-14-12)16-17-13/h12H,2-11H2,1H3. The zero-order valence-corrected chi connectivity index (χ0v) is 10.8. The molecule has 0 aliphatic carbocycles. The van der Waals surface area contributed by atoms with Gasteiger partial charge in [-0.3, -0.25) is 0 Å². The first-order valence-electron chi connectivity index (χ1n) is 7.09. The van der Waals surface area contributed by atoms with Gasteiger partial charge in [-0.2, -0.15) is 14.7 Å². The van der Waals surface area contributed by atoms with Crippen LogP contribution in [0.15, 0.2) is 0 Å². The van der Waals surface area contributed by atoms with Crippen LogP contribution < -0.4 is 0 Å². The van der Waals surface area contributed by atoms with E-state index in [0.717, 1.165) is 12.8 Å². The summed E-state index contributed by atoms with van der Waals surface area (Å²) in [6.45, 7) is 2.26. The van der Waals surface area contributed by atoms with Crippen molar-refractivity contribution >= 4 is 0 Å². The van der Waals surface area contributed by atoms with Crippen LogP contribution in [0.25, 0.3) is 0 Å². The Morgan fingerprint density at radius 1 is 0.765 bits per heavy atom. The van der Waals surface area contributed by atoms with Gasteiger partial charge < -0.3 is 0 Å². The maximum atomic E-state index is 4.93. The van der Waals surface area contributed by atoms with Crippen LogP contribution in [0.5, 0.6) is 0 Å². The molecular weight excluding hydrogens is 220 g/mol. The normalized spacial score (nSPS) is 24.9. The molecule has 0 aromatic rings. The lowest BCUT2D eigenvalue weighted by molar-refractivity contribution is -0.516. The predicted octanol–water partition coefficient (Wildman–Crippen LogP) is 3.85. The first-order valence-corrected chi connectivity index (χ1v) is 7.09. The zero-order chi connectivity index (χ0) is 12.0. The predicted molar refractivity (Wildman–Crippen MR) is 62.7 cm³/mol. The Morgan fingerprint density at radius 3 is 1.82 bits per heavy atom. The van der Waals surface area contributed by atoms with Crippen LogP contribution in [0.3, 0.4) is 0 Å². The van der Waals surface area contributed by atoms with Crippen LogP contribution in [0.2, 0.25) is 0 Å². The molecule has 4 nitrogen and oxygen atoms in total. The topological polar surface area (TPSA) is 43.5 Å². The van der Waals surface area contributed by atoms with Crippen LogP contribution in [-0.2, 0) is 19.6 Å². The lowest BCUT2D eigenvalue weighted by Crippen LogP contribution is -2.46. The van der Waals surface area contributed by atoms with Gasteiger partial charge in [-0.25, -0.2) is 4.89 Å². The quantitative estimate of drug-likeness (QED) is 0.332. The van der Waals surface area contributed by atoms with Crippen molar-refractivity contribution in [2.45, 2.75) is 83.2 Å². The van der Waals surface area contributed by atoms with Gasteiger partial charge in [0.2, 0.25) is 0 Å². The van der Waals surface area contributed by atoms with Gasteiger partial charge in [0.25, 0.3) is 0 Å². The van der Waals surface area contributed by atoms with Crippen LogP contribution in [0.4, 0.5) is 0 Å². The first kappa shape index (κ1) is 13.3. The highest BCUT2D eigenvalue weighted by Gasteiger charge is 2.68.